The zero-order chi connectivity index (χ0) is 16.9. The number of halogens is 1. The molecule has 0 atom stereocenters. The Kier molecular flexibility index (Phi) is 4.90. The predicted octanol–water partition coefficient (Wildman–Crippen LogP) is 2.04. The number of hydrogen-bond donors (Lipinski definition) is 1. The number of aromatic nitrogens is 4. The molecule has 0 aliphatic rings. The Labute approximate surface area is 143 Å². The van der Waals surface area contributed by atoms with Crippen LogP contribution in [0.5, 0.6) is 5.88 Å². The van der Waals surface area contributed by atoms with Gasteiger partial charge in [-0.25, -0.2) is 0 Å². The van der Waals surface area contributed by atoms with Crippen LogP contribution in [-0.4, -0.2) is 32.8 Å². The molecular weight excluding hydrogens is 330 g/mol. The number of carbonyl (C=O) groups is 1. The fourth-order valence-corrected chi connectivity index (χ4v) is 2.43. The molecule has 0 fully saturated rings. The van der Waals surface area contributed by atoms with Crippen molar-refractivity contribution in [2.75, 3.05) is 7.11 Å². The van der Waals surface area contributed by atoms with E-state index in [4.69, 9.17) is 16.3 Å². The molecule has 1 amide bonds. The number of nitrogens with one attached hydrogen (secondary N) is 1. The molecule has 0 saturated heterocycles. The first kappa shape index (κ1) is 16.2. The van der Waals surface area contributed by atoms with Gasteiger partial charge in [-0.2, -0.15) is 4.52 Å². The first-order chi connectivity index (χ1) is 11.7. The summed E-state index contributed by atoms with van der Waals surface area (Å²) in [6.45, 7) is 0.394. The lowest BCUT2D eigenvalue weighted by Gasteiger charge is -2.06. The molecule has 3 aromatic rings. The third-order valence-electron chi connectivity index (χ3n) is 3.52. The van der Waals surface area contributed by atoms with Crippen molar-refractivity contribution in [2.45, 2.75) is 19.4 Å². The molecule has 0 aliphatic carbocycles. The summed E-state index contributed by atoms with van der Waals surface area (Å²) in [7, 11) is 1.54. The fraction of sp³-hybridized carbons (Fsp3) is 0.250. The molecular formula is C16H16ClN5O2. The van der Waals surface area contributed by atoms with Crippen molar-refractivity contribution in [3.63, 3.8) is 0 Å². The van der Waals surface area contributed by atoms with E-state index in [0.717, 1.165) is 5.56 Å². The van der Waals surface area contributed by atoms with Gasteiger partial charge in [-0.3, -0.25) is 4.79 Å². The summed E-state index contributed by atoms with van der Waals surface area (Å²) in [6.07, 6.45) is 0.708. The normalized spacial score (nSPS) is 10.8. The van der Waals surface area contributed by atoms with Crippen molar-refractivity contribution in [2.24, 2.45) is 0 Å². The average molecular weight is 346 g/mol. The number of benzene rings is 1. The predicted molar refractivity (Wildman–Crippen MR) is 89.0 cm³/mol. The zero-order valence-electron chi connectivity index (χ0n) is 13.1. The Bertz CT molecular complexity index is 865. The molecule has 124 valence electrons. The summed E-state index contributed by atoms with van der Waals surface area (Å²) in [5.41, 5.74) is 1.49. The lowest BCUT2D eigenvalue weighted by atomic mass is 10.2. The Morgan fingerprint density at radius 2 is 2.08 bits per heavy atom. The molecule has 24 heavy (non-hydrogen) atoms. The monoisotopic (exact) mass is 345 g/mol. The van der Waals surface area contributed by atoms with Crippen molar-refractivity contribution in [3.05, 3.63) is 52.8 Å². The average Bonchev–Trinajstić information content (AvgIpc) is 3.01. The molecule has 2 heterocycles. The standard InChI is InChI=1S/C16H16ClN5O2/c1-24-16-9-7-14-20-19-13(22(14)21-16)6-8-15(23)18-10-11-4-2-3-5-12(11)17/h2-5,7,9H,6,8,10H2,1H3,(H,18,23). The van der Waals surface area contributed by atoms with E-state index in [-0.39, 0.29) is 12.3 Å². The van der Waals surface area contributed by atoms with E-state index in [2.05, 4.69) is 20.6 Å². The maximum atomic E-state index is 12.0. The Morgan fingerprint density at radius 1 is 1.25 bits per heavy atom. The van der Waals surface area contributed by atoms with E-state index < -0.39 is 0 Å². The van der Waals surface area contributed by atoms with Gasteiger partial charge in [-0.05, 0) is 17.7 Å². The van der Waals surface area contributed by atoms with Crippen molar-refractivity contribution in [3.8, 4) is 5.88 Å². The summed E-state index contributed by atoms with van der Waals surface area (Å²) in [5, 5.41) is 15.8. The highest BCUT2D eigenvalue weighted by atomic mass is 35.5. The second-order valence-corrected chi connectivity index (χ2v) is 5.54. The first-order valence-corrected chi connectivity index (χ1v) is 7.80. The largest absolute Gasteiger partial charge is 0.480 e. The Morgan fingerprint density at radius 3 is 2.88 bits per heavy atom. The summed E-state index contributed by atoms with van der Waals surface area (Å²) in [4.78, 5) is 12.0. The third-order valence-corrected chi connectivity index (χ3v) is 3.89. The van der Waals surface area contributed by atoms with E-state index >= 15 is 0 Å². The highest BCUT2D eigenvalue weighted by Crippen LogP contribution is 2.14. The second kappa shape index (κ2) is 7.27. The van der Waals surface area contributed by atoms with Gasteiger partial charge in [0.25, 0.3) is 0 Å². The van der Waals surface area contributed by atoms with Gasteiger partial charge in [-0.15, -0.1) is 15.3 Å². The molecule has 3 rings (SSSR count). The summed E-state index contributed by atoms with van der Waals surface area (Å²) < 4.78 is 6.68. The summed E-state index contributed by atoms with van der Waals surface area (Å²) in [6, 6.07) is 10.9. The van der Waals surface area contributed by atoms with Gasteiger partial charge >= 0.3 is 0 Å². The lowest BCUT2D eigenvalue weighted by Crippen LogP contribution is -2.23. The number of nitrogens with zero attached hydrogens (tertiary/aromatic N) is 4. The van der Waals surface area contributed by atoms with Gasteiger partial charge in [0.2, 0.25) is 11.8 Å². The minimum Gasteiger partial charge on any atom is -0.480 e. The van der Waals surface area contributed by atoms with E-state index in [1.165, 1.54) is 0 Å². The number of ether oxygens (including phenoxy) is 1. The van der Waals surface area contributed by atoms with E-state index in [9.17, 15) is 4.79 Å². The SMILES string of the molecule is COc1ccc2nnc(CCC(=O)NCc3ccccc3Cl)n2n1. The van der Waals surface area contributed by atoms with E-state index in [0.29, 0.717) is 35.3 Å². The van der Waals surface area contributed by atoms with Crippen LogP contribution >= 0.6 is 11.6 Å². The topological polar surface area (TPSA) is 81.4 Å². The number of amides is 1. The number of rotatable bonds is 6. The molecule has 2 aromatic heterocycles. The maximum absolute atomic E-state index is 12.0. The number of hydrogen-bond acceptors (Lipinski definition) is 5. The number of carbonyl (C=O) groups excluding carboxylic acids is 1. The molecule has 0 saturated carbocycles. The Balaban J connectivity index is 1.59. The van der Waals surface area contributed by atoms with Crippen LogP contribution in [0.15, 0.2) is 36.4 Å². The van der Waals surface area contributed by atoms with Crippen molar-refractivity contribution in [1.29, 1.82) is 0 Å². The van der Waals surface area contributed by atoms with Crippen molar-refractivity contribution < 1.29 is 9.53 Å². The van der Waals surface area contributed by atoms with Crippen LogP contribution in [0.1, 0.15) is 17.8 Å². The summed E-state index contributed by atoms with van der Waals surface area (Å²) >= 11 is 6.07. The molecule has 8 heteroatoms. The van der Waals surface area contributed by atoms with Crippen LogP contribution in [-0.2, 0) is 17.8 Å². The molecule has 7 nitrogen and oxygen atoms in total. The van der Waals surface area contributed by atoms with Gasteiger partial charge in [0.1, 0.15) is 0 Å². The first-order valence-electron chi connectivity index (χ1n) is 7.43. The van der Waals surface area contributed by atoms with Crippen LogP contribution < -0.4 is 10.1 Å². The quantitative estimate of drug-likeness (QED) is 0.739. The minimum absolute atomic E-state index is 0.0884. The van der Waals surface area contributed by atoms with Crippen LogP contribution in [0.3, 0.4) is 0 Å². The lowest BCUT2D eigenvalue weighted by molar-refractivity contribution is -0.121. The van der Waals surface area contributed by atoms with Gasteiger partial charge in [0, 0.05) is 30.5 Å². The molecule has 0 unspecified atom stereocenters. The Hall–Kier alpha value is -2.67. The van der Waals surface area contributed by atoms with Gasteiger partial charge < -0.3 is 10.1 Å². The number of fused-ring (bicyclic) bond motifs is 1. The van der Waals surface area contributed by atoms with Crippen LogP contribution in [0.25, 0.3) is 5.65 Å². The minimum atomic E-state index is -0.0884. The zero-order valence-corrected chi connectivity index (χ0v) is 13.8. The van der Waals surface area contributed by atoms with Crippen LogP contribution in [0.2, 0.25) is 5.02 Å². The van der Waals surface area contributed by atoms with Crippen molar-refractivity contribution in [1.82, 2.24) is 25.1 Å². The molecule has 1 aromatic carbocycles. The smallest absolute Gasteiger partial charge is 0.231 e. The van der Waals surface area contributed by atoms with Crippen molar-refractivity contribution >= 4 is 23.2 Å². The molecule has 0 bridgehead atoms. The summed E-state index contributed by atoms with van der Waals surface area (Å²) in [5.74, 6) is 0.984. The van der Waals surface area contributed by atoms with E-state index in [1.807, 2.05) is 18.2 Å². The van der Waals surface area contributed by atoms with Gasteiger partial charge in [0.15, 0.2) is 11.5 Å². The second-order valence-electron chi connectivity index (χ2n) is 5.13. The maximum Gasteiger partial charge on any atom is 0.231 e. The van der Waals surface area contributed by atoms with Gasteiger partial charge in [0.05, 0.1) is 7.11 Å². The molecule has 1 N–H and O–H groups in total. The highest BCUT2D eigenvalue weighted by molar-refractivity contribution is 6.31. The molecule has 0 spiro atoms. The molecule has 0 aliphatic heterocycles. The highest BCUT2D eigenvalue weighted by Gasteiger charge is 2.10. The van der Waals surface area contributed by atoms with Gasteiger partial charge in [-0.1, -0.05) is 29.8 Å². The van der Waals surface area contributed by atoms with Crippen LogP contribution in [0, 0.1) is 0 Å². The molecule has 0 radical (unpaired) electrons. The fourth-order valence-electron chi connectivity index (χ4n) is 2.23. The van der Waals surface area contributed by atoms with E-state index in [1.54, 1.807) is 29.8 Å². The third kappa shape index (κ3) is 3.62. The number of methoxy groups -OCH3 is 1. The van der Waals surface area contributed by atoms with Crippen LogP contribution in [0.4, 0.5) is 0 Å². The number of aryl methyl sites for hydroxylation is 1.